The molecule has 34 heavy (non-hydrogen) atoms. The number of rotatable bonds is 8. The van der Waals surface area contributed by atoms with Crippen molar-refractivity contribution in [2.24, 2.45) is 5.92 Å². The van der Waals surface area contributed by atoms with Gasteiger partial charge in [-0.3, -0.25) is 14.0 Å². The molecule has 8 heteroatoms. The minimum Gasteiger partial charge on any atom is -0.455 e. The van der Waals surface area contributed by atoms with Crippen LogP contribution >= 0.6 is 0 Å². The Morgan fingerprint density at radius 2 is 1.41 bits per heavy atom. The van der Waals surface area contributed by atoms with Crippen LogP contribution < -0.4 is 10.4 Å². The van der Waals surface area contributed by atoms with Gasteiger partial charge < -0.3 is 18.6 Å². The number of carbonyl (C=O) groups is 2. The van der Waals surface area contributed by atoms with Crippen molar-refractivity contribution in [2.45, 2.75) is 58.2 Å². The van der Waals surface area contributed by atoms with E-state index in [1.807, 2.05) is 36.4 Å². The Balaban J connectivity index is 1.99. The van der Waals surface area contributed by atoms with Crippen LogP contribution in [0.4, 0.5) is 4.39 Å². The van der Waals surface area contributed by atoms with Crippen LogP contribution in [0.15, 0.2) is 60.7 Å². The second-order valence-corrected chi connectivity index (χ2v) is 13.8. The summed E-state index contributed by atoms with van der Waals surface area (Å²) in [5.74, 6) is -2.03. The minimum absolute atomic E-state index is 0.0530. The van der Waals surface area contributed by atoms with E-state index in [1.54, 1.807) is 0 Å². The molecule has 0 N–H and O–H groups in total. The van der Waals surface area contributed by atoms with E-state index >= 15 is 0 Å². The van der Waals surface area contributed by atoms with E-state index in [0.29, 0.717) is 0 Å². The minimum atomic E-state index is -2.89. The lowest BCUT2D eigenvalue weighted by Gasteiger charge is -2.43. The zero-order valence-electron chi connectivity index (χ0n) is 20.3. The van der Waals surface area contributed by atoms with Gasteiger partial charge in [0.2, 0.25) is 6.29 Å². The van der Waals surface area contributed by atoms with Gasteiger partial charge in [-0.25, -0.2) is 0 Å². The molecular formula is C26H33FO6Si. The number of halogens is 1. The number of carbonyl (C=O) groups excluding carboxylic acids is 2. The maximum absolute atomic E-state index is 14.2. The molecule has 2 aromatic carbocycles. The summed E-state index contributed by atoms with van der Waals surface area (Å²) in [5, 5.41) is 1.89. The highest BCUT2D eigenvalue weighted by atomic mass is 28.4. The Hall–Kier alpha value is -2.55. The van der Waals surface area contributed by atoms with Gasteiger partial charge in [0.05, 0.1) is 25.3 Å². The Labute approximate surface area is 201 Å². The summed E-state index contributed by atoms with van der Waals surface area (Å²) < 4.78 is 37.5. The number of benzene rings is 2. The standard InChI is InChI=1S/C26H33FO6Si/c1-18(28)31-24-22(16-27)23(33-25(24)32-19(2)29)17-30-34(26(3,4)5,20-12-8-6-9-13-20)21-14-10-7-11-15-21/h6-15,22-25H,16-17H2,1-5H3/t22-,23-,24-,25?/m1/s1. The third-order valence-corrected chi connectivity index (χ3v) is 11.1. The summed E-state index contributed by atoms with van der Waals surface area (Å²) >= 11 is 0. The second kappa shape index (κ2) is 10.8. The van der Waals surface area contributed by atoms with Crippen LogP contribution in [-0.2, 0) is 28.2 Å². The molecule has 0 saturated carbocycles. The second-order valence-electron chi connectivity index (χ2n) is 9.52. The molecule has 0 spiro atoms. The van der Waals surface area contributed by atoms with Gasteiger partial charge in [-0.15, -0.1) is 0 Å². The number of alkyl halides is 1. The molecule has 1 saturated heterocycles. The predicted octanol–water partition coefficient (Wildman–Crippen LogP) is 3.37. The topological polar surface area (TPSA) is 71.1 Å². The Kier molecular flexibility index (Phi) is 8.28. The van der Waals surface area contributed by atoms with Crippen molar-refractivity contribution >= 4 is 30.6 Å². The molecule has 6 nitrogen and oxygen atoms in total. The molecule has 0 aliphatic carbocycles. The highest BCUT2D eigenvalue weighted by molar-refractivity contribution is 6.99. The lowest BCUT2D eigenvalue weighted by Crippen LogP contribution is -2.67. The molecule has 1 unspecified atom stereocenters. The van der Waals surface area contributed by atoms with Gasteiger partial charge in [0.15, 0.2) is 6.10 Å². The largest absolute Gasteiger partial charge is 0.455 e. The molecule has 0 aromatic heterocycles. The first-order valence-electron chi connectivity index (χ1n) is 11.4. The predicted molar refractivity (Wildman–Crippen MR) is 129 cm³/mol. The lowest BCUT2D eigenvalue weighted by atomic mass is 10.0. The zero-order valence-corrected chi connectivity index (χ0v) is 21.3. The fourth-order valence-corrected chi connectivity index (χ4v) is 9.25. The van der Waals surface area contributed by atoms with Crippen molar-refractivity contribution in [1.82, 2.24) is 0 Å². The van der Waals surface area contributed by atoms with Crippen molar-refractivity contribution in [3.05, 3.63) is 60.7 Å². The average molecular weight is 489 g/mol. The molecule has 0 bridgehead atoms. The molecule has 2 aromatic rings. The zero-order chi connectivity index (χ0) is 24.9. The van der Waals surface area contributed by atoms with Gasteiger partial charge in [0.25, 0.3) is 8.32 Å². The number of esters is 2. The number of hydrogen-bond donors (Lipinski definition) is 0. The molecule has 1 aliphatic rings. The van der Waals surface area contributed by atoms with Gasteiger partial charge in [0, 0.05) is 13.8 Å². The fraction of sp³-hybridized carbons (Fsp3) is 0.462. The van der Waals surface area contributed by atoms with Gasteiger partial charge in [-0.05, 0) is 15.4 Å². The van der Waals surface area contributed by atoms with E-state index < -0.39 is 51.3 Å². The van der Waals surface area contributed by atoms with E-state index in [0.717, 1.165) is 10.4 Å². The van der Waals surface area contributed by atoms with Crippen molar-refractivity contribution in [2.75, 3.05) is 13.3 Å². The van der Waals surface area contributed by atoms with Crippen molar-refractivity contribution in [3.8, 4) is 0 Å². The summed E-state index contributed by atoms with van der Waals surface area (Å²) in [4.78, 5) is 23.2. The monoisotopic (exact) mass is 488 g/mol. The Morgan fingerprint density at radius 3 is 1.82 bits per heavy atom. The molecule has 0 amide bonds. The van der Waals surface area contributed by atoms with Crippen LogP contribution in [-0.4, -0.2) is 52.0 Å². The third-order valence-electron chi connectivity index (χ3n) is 6.12. The molecule has 184 valence electrons. The first kappa shape index (κ1) is 26.1. The quantitative estimate of drug-likeness (QED) is 0.419. The van der Waals surface area contributed by atoms with E-state index in [1.165, 1.54) is 13.8 Å². The fourth-order valence-electron chi connectivity index (χ4n) is 4.68. The van der Waals surface area contributed by atoms with Crippen LogP contribution in [0, 0.1) is 5.92 Å². The van der Waals surface area contributed by atoms with Gasteiger partial charge in [-0.2, -0.15) is 0 Å². The van der Waals surface area contributed by atoms with Gasteiger partial charge in [-0.1, -0.05) is 81.4 Å². The molecule has 4 atom stereocenters. The molecule has 1 aliphatic heterocycles. The van der Waals surface area contributed by atoms with Crippen LogP contribution in [0.5, 0.6) is 0 Å². The Bertz CT molecular complexity index is 923. The molecule has 3 rings (SSSR count). The van der Waals surface area contributed by atoms with Gasteiger partial charge in [0.1, 0.15) is 0 Å². The summed E-state index contributed by atoms with van der Waals surface area (Å²) in [6.07, 6.45) is -2.99. The summed E-state index contributed by atoms with van der Waals surface area (Å²) in [6, 6.07) is 20.1. The highest BCUT2D eigenvalue weighted by Crippen LogP contribution is 2.38. The number of ether oxygens (including phenoxy) is 3. The van der Waals surface area contributed by atoms with E-state index in [4.69, 9.17) is 18.6 Å². The average Bonchev–Trinajstić information content (AvgIpc) is 3.09. The van der Waals surface area contributed by atoms with Crippen LogP contribution in [0.25, 0.3) is 0 Å². The highest BCUT2D eigenvalue weighted by Gasteiger charge is 2.53. The SMILES string of the molecule is CC(=O)OC1O[C@H](CO[Si](c2ccccc2)(c2ccccc2)C(C)(C)C)[C@@H](CF)[C@H]1OC(C)=O. The number of hydrogen-bond acceptors (Lipinski definition) is 6. The Morgan fingerprint density at radius 1 is 0.912 bits per heavy atom. The first-order chi connectivity index (χ1) is 16.1. The van der Waals surface area contributed by atoms with Gasteiger partial charge >= 0.3 is 11.9 Å². The van der Waals surface area contributed by atoms with Crippen molar-refractivity contribution in [3.63, 3.8) is 0 Å². The smallest absolute Gasteiger partial charge is 0.305 e. The van der Waals surface area contributed by atoms with Crippen LogP contribution in [0.3, 0.4) is 0 Å². The summed E-state index contributed by atoms with van der Waals surface area (Å²) in [5.41, 5.74) is 0. The summed E-state index contributed by atoms with van der Waals surface area (Å²) in [7, 11) is -2.89. The van der Waals surface area contributed by atoms with Crippen molar-refractivity contribution < 1.29 is 32.6 Å². The van der Waals surface area contributed by atoms with Crippen LogP contribution in [0.1, 0.15) is 34.6 Å². The molecule has 1 heterocycles. The van der Waals surface area contributed by atoms with E-state index in [2.05, 4.69) is 45.0 Å². The van der Waals surface area contributed by atoms with E-state index in [9.17, 15) is 14.0 Å². The first-order valence-corrected chi connectivity index (χ1v) is 13.3. The van der Waals surface area contributed by atoms with Crippen LogP contribution in [0.2, 0.25) is 5.04 Å². The summed E-state index contributed by atoms with van der Waals surface area (Å²) in [6.45, 7) is 8.12. The van der Waals surface area contributed by atoms with Crippen molar-refractivity contribution in [1.29, 1.82) is 0 Å². The third kappa shape index (κ3) is 5.40. The molecular weight excluding hydrogens is 455 g/mol. The maximum atomic E-state index is 14.2. The maximum Gasteiger partial charge on any atom is 0.305 e. The molecule has 1 fully saturated rings. The normalized spacial score (nSPS) is 22.9. The van der Waals surface area contributed by atoms with E-state index in [-0.39, 0.29) is 11.6 Å². The molecule has 0 radical (unpaired) electrons. The lowest BCUT2D eigenvalue weighted by molar-refractivity contribution is -0.195.